The Bertz CT molecular complexity index is 655. The highest BCUT2D eigenvalue weighted by Crippen LogP contribution is 2.43. The Hall–Kier alpha value is -1.34. The molecule has 1 aliphatic carbocycles. The zero-order valence-electron chi connectivity index (χ0n) is 10.4. The maximum atomic E-state index is 12.9. The van der Waals surface area contributed by atoms with Crippen LogP contribution in [0.25, 0.3) is 5.65 Å². The van der Waals surface area contributed by atoms with Gasteiger partial charge in [0.2, 0.25) is 0 Å². The Balaban J connectivity index is 2.23. The molecule has 8 heteroatoms. The second-order valence-electron chi connectivity index (χ2n) is 5.13. The average Bonchev–Trinajstić information content (AvgIpc) is 2.72. The van der Waals surface area contributed by atoms with E-state index < -0.39 is 11.7 Å². The molecule has 0 bridgehead atoms. The molecule has 0 atom stereocenters. The van der Waals surface area contributed by atoms with E-state index in [4.69, 9.17) is 17.3 Å². The first-order chi connectivity index (χ1) is 9.37. The summed E-state index contributed by atoms with van der Waals surface area (Å²) in [6.07, 6.45) is -0.879. The van der Waals surface area contributed by atoms with Gasteiger partial charge in [-0.1, -0.05) is 18.0 Å². The molecule has 2 N–H and O–H groups in total. The van der Waals surface area contributed by atoms with Crippen LogP contribution >= 0.6 is 11.6 Å². The van der Waals surface area contributed by atoms with Crippen LogP contribution in [0.4, 0.5) is 13.2 Å². The van der Waals surface area contributed by atoms with E-state index in [-0.39, 0.29) is 16.1 Å². The molecule has 4 nitrogen and oxygen atoms in total. The van der Waals surface area contributed by atoms with Crippen molar-refractivity contribution >= 4 is 17.2 Å². The summed E-state index contributed by atoms with van der Waals surface area (Å²) in [7, 11) is 0. The van der Waals surface area contributed by atoms with Gasteiger partial charge in [-0.25, -0.2) is 0 Å². The third-order valence-electron chi connectivity index (χ3n) is 3.96. The molecule has 0 amide bonds. The lowest BCUT2D eigenvalue weighted by molar-refractivity contribution is -0.137. The van der Waals surface area contributed by atoms with Crippen molar-refractivity contribution in [2.45, 2.75) is 30.9 Å². The topological polar surface area (TPSA) is 56.2 Å². The summed E-state index contributed by atoms with van der Waals surface area (Å²) >= 11 is 5.88. The van der Waals surface area contributed by atoms with Crippen LogP contribution in [0.1, 0.15) is 30.7 Å². The highest BCUT2D eigenvalue weighted by molar-refractivity contribution is 6.33. The maximum absolute atomic E-state index is 12.9. The molecule has 0 radical (unpaired) electrons. The summed E-state index contributed by atoms with van der Waals surface area (Å²) in [6, 6.07) is 0.866. The Morgan fingerprint density at radius 2 is 2.05 bits per heavy atom. The molecule has 0 aliphatic heterocycles. The van der Waals surface area contributed by atoms with Gasteiger partial charge in [-0.05, 0) is 18.9 Å². The van der Waals surface area contributed by atoms with Crippen LogP contribution in [-0.4, -0.2) is 21.1 Å². The van der Waals surface area contributed by atoms with E-state index in [2.05, 4.69) is 10.2 Å². The maximum Gasteiger partial charge on any atom is 0.417 e. The number of nitrogens with zero attached hydrogens (tertiary/aromatic N) is 3. The van der Waals surface area contributed by atoms with Gasteiger partial charge in [-0.3, -0.25) is 4.40 Å². The Labute approximate surface area is 117 Å². The summed E-state index contributed by atoms with van der Waals surface area (Å²) in [6.45, 7) is 0.335. The average molecular weight is 305 g/mol. The number of hydrogen-bond acceptors (Lipinski definition) is 3. The summed E-state index contributed by atoms with van der Waals surface area (Å²) in [5.41, 5.74) is 4.81. The summed E-state index contributed by atoms with van der Waals surface area (Å²) in [4.78, 5) is 0. The molecule has 2 heterocycles. The first-order valence-corrected chi connectivity index (χ1v) is 6.57. The number of aromatic nitrogens is 3. The lowest BCUT2D eigenvalue weighted by Gasteiger charge is -2.39. The van der Waals surface area contributed by atoms with Gasteiger partial charge in [0.15, 0.2) is 5.65 Å². The summed E-state index contributed by atoms with van der Waals surface area (Å²) in [5, 5.41) is 7.86. The molecule has 0 aromatic carbocycles. The van der Waals surface area contributed by atoms with Crippen molar-refractivity contribution in [2.24, 2.45) is 5.73 Å². The lowest BCUT2D eigenvalue weighted by atomic mass is 9.68. The molecular formula is C12H12ClF3N4. The molecule has 0 saturated heterocycles. The standard InChI is InChI=1S/C12H12ClF3N4/c13-8-4-7(12(14,15)16)5-20-9(8)18-19-10(20)11(6-17)2-1-3-11/h4-5H,1-3,6,17H2. The van der Waals surface area contributed by atoms with E-state index in [1.165, 1.54) is 4.40 Å². The van der Waals surface area contributed by atoms with Crippen LogP contribution < -0.4 is 5.73 Å². The Morgan fingerprint density at radius 3 is 2.55 bits per heavy atom. The van der Waals surface area contributed by atoms with Crippen molar-refractivity contribution in [3.63, 3.8) is 0 Å². The van der Waals surface area contributed by atoms with Crippen LogP contribution in [0, 0.1) is 0 Å². The molecule has 3 rings (SSSR count). The van der Waals surface area contributed by atoms with Crippen molar-refractivity contribution in [1.29, 1.82) is 0 Å². The van der Waals surface area contributed by atoms with Gasteiger partial charge in [0.25, 0.3) is 0 Å². The summed E-state index contributed by atoms with van der Waals surface area (Å²) < 4.78 is 39.9. The molecular weight excluding hydrogens is 293 g/mol. The number of hydrogen-bond donors (Lipinski definition) is 1. The number of halogens is 4. The van der Waals surface area contributed by atoms with Crippen LogP contribution in [-0.2, 0) is 11.6 Å². The molecule has 1 saturated carbocycles. The van der Waals surface area contributed by atoms with Crippen molar-refractivity contribution in [3.8, 4) is 0 Å². The molecule has 0 unspecified atom stereocenters. The minimum atomic E-state index is -4.46. The molecule has 1 fully saturated rings. The van der Waals surface area contributed by atoms with Crippen LogP contribution in [0.15, 0.2) is 12.3 Å². The normalized spacial score (nSPS) is 18.2. The second kappa shape index (κ2) is 4.33. The molecule has 0 spiro atoms. The molecule has 108 valence electrons. The number of fused-ring (bicyclic) bond motifs is 1. The minimum Gasteiger partial charge on any atom is -0.329 e. The van der Waals surface area contributed by atoms with Crippen LogP contribution in [0.5, 0.6) is 0 Å². The van der Waals surface area contributed by atoms with Crippen molar-refractivity contribution in [1.82, 2.24) is 14.6 Å². The minimum absolute atomic E-state index is 0.0648. The zero-order chi connectivity index (χ0) is 14.5. The second-order valence-corrected chi connectivity index (χ2v) is 5.54. The van der Waals surface area contributed by atoms with Gasteiger partial charge in [0.1, 0.15) is 5.82 Å². The highest BCUT2D eigenvalue weighted by atomic mass is 35.5. The van der Waals surface area contributed by atoms with Gasteiger partial charge in [-0.2, -0.15) is 13.2 Å². The van der Waals surface area contributed by atoms with E-state index in [0.717, 1.165) is 31.5 Å². The van der Waals surface area contributed by atoms with E-state index in [9.17, 15) is 13.2 Å². The first kappa shape index (κ1) is 13.6. The Kier molecular flexibility index (Phi) is 2.95. The van der Waals surface area contributed by atoms with Crippen molar-refractivity contribution < 1.29 is 13.2 Å². The largest absolute Gasteiger partial charge is 0.417 e. The quantitative estimate of drug-likeness (QED) is 0.928. The van der Waals surface area contributed by atoms with Gasteiger partial charge >= 0.3 is 6.18 Å². The highest BCUT2D eigenvalue weighted by Gasteiger charge is 2.42. The van der Waals surface area contributed by atoms with E-state index in [1.807, 2.05) is 0 Å². The summed E-state index contributed by atoms with van der Waals surface area (Å²) in [5.74, 6) is 0.467. The SMILES string of the molecule is NCC1(c2nnc3c(Cl)cc(C(F)(F)F)cn23)CCC1. The van der Waals surface area contributed by atoms with E-state index in [0.29, 0.717) is 12.4 Å². The predicted molar refractivity (Wildman–Crippen MR) is 67.6 cm³/mol. The fraction of sp³-hybridized carbons (Fsp3) is 0.500. The van der Waals surface area contributed by atoms with Crippen LogP contribution in [0.3, 0.4) is 0 Å². The number of rotatable bonds is 2. The molecule has 2 aromatic heterocycles. The number of nitrogens with two attached hydrogens (primary N) is 1. The zero-order valence-corrected chi connectivity index (χ0v) is 11.2. The van der Waals surface area contributed by atoms with Crippen molar-refractivity contribution in [2.75, 3.05) is 6.54 Å². The van der Waals surface area contributed by atoms with Crippen LogP contribution in [0.2, 0.25) is 5.02 Å². The predicted octanol–water partition coefficient (Wildman–Crippen LogP) is 2.78. The Morgan fingerprint density at radius 1 is 1.35 bits per heavy atom. The fourth-order valence-electron chi connectivity index (χ4n) is 2.59. The smallest absolute Gasteiger partial charge is 0.329 e. The van der Waals surface area contributed by atoms with Gasteiger partial charge in [0.05, 0.1) is 10.6 Å². The van der Waals surface area contributed by atoms with Gasteiger partial charge in [0, 0.05) is 18.2 Å². The van der Waals surface area contributed by atoms with E-state index in [1.54, 1.807) is 0 Å². The van der Waals surface area contributed by atoms with E-state index >= 15 is 0 Å². The van der Waals surface area contributed by atoms with Crippen molar-refractivity contribution in [3.05, 3.63) is 28.7 Å². The third kappa shape index (κ3) is 1.88. The molecule has 2 aromatic rings. The number of pyridine rings is 1. The lowest BCUT2D eigenvalue weighted by Crippen LogP contribution is -2.43. The van der Waals surface area contributed by atoms with Gasteiger partial charge in [-0.15, -0.1) is 10.2 Å². The molecule has 20 heavy (non-hydrogen) atoms. The monoisotopic (exact) mass is 304 g/mol. The first-order valence-electron chi connectivity index (χ1n) is 6.19. The fourth-order valence-corrected chi connectivity index (χ4v) is 2.84. The van der Waals surface area contributed by atoms with Gasteiger partial charge < -0.3 is 5.73 Å². The third-order valence-corrected chi connectivity index (χ3v) is 4.24. The number of alkyl halides is 3. The molecule has 1 aliphatic rings.